The van der Waals surface area contributed by atoms with Gasteiger partial charge in [-0.3, -0.25) is 9.78 Å². The van der Waals surface area contributed by atoms with E-state index in [-0.39, 0.29) is 5.91 Å². The number of carbonyl (C=O) groups excluding carboxylic acids is 1. The molecule has 0 saturated carbocycles. The van der Waals surface area contributed by atoms with E-state index in [0.717, 1.165) is 40.6 Å². The van der Waals surface area contributed by atoms with E-state index in [1.807, 2.05) is 43.3 Å². The summed E-state index contributed by atoms with van der Waals surface area (Å²) >= 11 is 0. The van der Waals surface area contributed by atoms with Crippen LogP contribution in [0.5, 0.6) is 0 Å². The van der Waals surface area contributed by atoms with Crippen molar-refractivity contribution in [3.05, 3.63) is 59.9 Å². The van der Waals surface area contributed by atoms with Gasteiger partial charge in [-0.2, -0.15) is 0 Å². The van der Waals surface area contributed by atoms with Crippen LogP contribution in [0.15, 0.2) is 48.8 Å². The maximum absolute atomic E-state index is 12.7. The molecule has 0 bridgehead atoms. The molecule has 1 aromatic carbocycles. The predicted molar refractivity (Wildman–Crippen MR) is 97.0 cm³/mol. The van der Waals surface area contributed by atoms with Crippen LogP contribution in [0.25, 0.3) is 22.2 Å². The number of fused-ring (bicyclic) bond motifs is 1. The Kier molecular flexibility index (Phi) is 4.85. The molecule has 3 rings (SSSR count). The summed E-state index contributed by atoms with van der Waals surface area (Å²) < 4.78 is 0. The third-order valence-corrected chi connectivity index (χ3v) is 4.00. The second kappa shape index (κ2) is 7.21. The number of pyridine rings is 2. The number of nitrogens with one attached hydrogen (secondary N) is 1. The highest BCUT2D eigenvalue weighted by Crippen LogP contribution is 2.25. The number of hydrogen-bond acceptors (Lipinski definition) is 3. The second-order valence-electron chi connectivity index (χ2n) is 5.92. The number of unbranched alkanes of at least 4 members (excludes halogenated alkanes) is 1. The van der Waals surface area contributed by atoms with Crippen LogP contribution in [-0.4, -0.2) is 22.4 Å². The minimum absolute atomic E-state index is 0.0447. The summed E-state index contributed by atoms with van der Waals surface area (Å²) in [7, 11) is 0. The topological polar surface area (TPSA) is 54.9 Å². The van der Waals surface area contributed by atoms with Crippen molar-refractivity contribution < 1.29 is 4.79 Å². The third-order valence-electron chi connectivity index (χ3n) is 4.00. The fourth-order valence-corrected chi connectivity index (χ4v) is 2.67. The van der Waals surface area contributed by atoms with Crippen molar-refractivity contribution in [2.45, 2.75) is 26.7 Å². The largest absolute Gasteiger partial charge is 0.352 e. The molecule has 0 spiro atoms. The molecule has 2 aromatic heterocycles. The monoisotopic (exact) mass is 319 g/mol. The van der Waals surface area contributed by atoms with Gasteiger partial charge in [-0.05, 0) is 43.7 Å². The number of hydrogen-bond donors (Lipinski definition) is 1. The first kappa shape index (κ1) is 16.1. The van der Waals surface area contributed by atoms with Gasteiger partial charge in [0.05, 0.1) is 16.8 Å². The first-order valence-electron chi connectivity index (χ1n) is 8.29. The van der Waals surface area contributed by atoms with Crippen LogP contribution in [0.1, 0.15) is 35.7 Å². The zero-order chi connectivity index (χ0) is 16.9. The number of aromatic nitrogens is 2. The molecular formula is C20H21N3O. The minimum atomic E-state index is -0.0447. The zero-order valence-corrected chi connectivity index (χ0v) is 14.0. The van der Waals surface area contributed by atoms with Crippen molar-refractivity contribution in [1.29, 1.82) is 0 Å². The maximum atomic E-state index is 12.7. The molecule has 1 amide bonds. The normalized spacial score (nSPS) is 10.8. The summed E-state index contributed by atoms with van der Waals surface area (Å²) in [6.07, 6.45) is 5.50. The van der Waals surface area contributed by atoms with E-state index < -0.39 is 0 Å². The van der Waals surface area contributed by atoms with Gasteiger partial charge < -0.3 is 5.32 Å². The van der Waals surface area contributed by atoms with E-state index in [0.29, 0.717) is 12.1 Å². The lowest BCUT2D eigenvalue weighted by Gasteiger charge is -2.11. The van der Waals surface area contributed by atoms with Crippen molar-refractivity contribution >= 4 is 16.8 Å². The highest BCUT2D eigenvalue weighted by molar-refractivity contribution is 6.07. The predicted octanol–water partition coefficient (Wildman–Crippen LogP) is 4.14. The van der Waals surface area contributed by atoms with E-state index in [4.69, 9.17) is 4.98 Å². The average Bonchev–Trinajstić information content (AvgIpc) is 2.61. The van der Waals surface area contributed by atoms with Gasteiger partial charge in [0.2, 0.25) is 0 Å². The van der Waals surface area contributed by atoms with Crippen LogP contribution in [-0.2, 0) is 0 Å². The van der Waals surface area contributed by atoms with Crippen LogP contribution in [0.3, 0.4) is 0 Å². The van der Waals surface area contributed by atoms with Gasteiger partial charge in [-0.1, -0.05) is 25.0 Å². The van der Waals surface area contributed by atoms with Crippen LogP contribution in [0.4, 0.5) is 0 Å². The number of benzene rings is 1. The summed E-state index contributed by atoms with van der Waals surface area (Å²) in [4.78, 5) is 21.4. The number of amides is 1. The van der Waals surface area contributed by atoms with E-state index in [1.54, 1.807) is 12.4 Å². The highest BCUT2D eigenvalue weighted by atomic mass is 16.1. The van der Waals surface area contributed by atoms with Gasteiger partial charge in [-0.25, -0.2) is 4.98 Å². The lowest BCUT2D eigenvalue weighted by atomic mass is 10.0. The summed E-state index contributed by atoms with van der Waals surface area (Å²) in [5.74, 6) is -0.0447. The Morgan fingerprint density at radius 1 is 1.12 bits per heavy atom. The SMILES string of the molecule is CCCCNC(=O)c1cc(-c2ccncc2)nc2ccc(C)cc12. The highest BCUT2D eigenvalue weighted by Gasteiger charge is 2.14. The Balaban J connectivity index is 2.10. The second-order valence-corrected chi connectivity index (χ2v) is 5.92. The molecule has 0 unspecified atom stereocenters. The summed E-state index contributed by atoms with van der Waals surface area (Å²) in [6.45, 7) is 4.82. The molecule has 2 heterocycles. The number of aryl methyl sites for hydroxylation is 1. The fourth-order valence-electron chi connectivity index (χ4n) is 2.67. The van der Waals surface area contributed by atoms with Crippen molar-refractivity contribution in [2.75, 3.05) is 6.54 Å². The molecule has 24 heavy (non-hydrogen) atoms. The lowest BCUT2D eigenvalue weighted by Crippen LogP contribution is -2.24. The molecule has 122 valence electrons. The summed E-state index contributed by atoms with van der Waals surface area (Å²) in [5, 5.41) is 3.90. The Labute approximate surface area is 142 Å². The maximum Gasteiger partial charge on any atom is 0.252 e. The van der Waals surface area contributed by atoms with Crippen LogP contribution in [0, 0.1) is 6.92 Å². The van der Waals surface area contributed by atoms with Crippen LogP contribution < -0.4 is 5.32 Å². The van der Waals surface area contributed by atoms with Crippen molar-refractivity contribution in [2.24, 2.45) is 0 Å². The Morgan fingerprint density at radius 2 is 1.92 bits per heavy atom. The molecule has 1 N–H and O–H groups in total. The molecule has 0 saturated heterocycles. The summed E-state index contributed by atoms with van der Waals surface area (Å²) in [5.41, 5.74) is 4.36. The molecular weight excluding hydrogens is 298 g/mol. The Bertz CT molecular complexity index is 859. The molecule has 0 radical (unpaired) electrons. The molecule has 0 aliphatic carbocycles. The van der Waals surface area contributed by atoms with E-state index >= 15 is 0 Å². The zero-order valence-electron chi connectivity index (χ0n) is 14.0. The molecule has 4 heteroatoms. The average molecular weight is 319 g/mol. The molecule has 0 fully saturated rings. The number of carbonyl (C=O) groups is 1. The van der Waals surface area contributed by atoms with Gasteiger partial charge in [-0.15, -0.1) is 0 Å². The summed E-state index contributed by atoms with van der Waals surface area (Å²) in [6, 6.07) is 11.7. The lowest BCUT2D eigenvalue weighted by molar-refractivity contribution is 0.0955. The third kappa shape index (κ3) is 3.43. The molecule has 4 nitrogen and oxygen atoms in total. The number of nitrogens with zero attached hydrogens (tertiary/aromatic N) is 2. The number of rotatable bonds is 5. The first-order valence-corrected chi connectivity index (χ1v) is 8.29. The minimum Gasteiger partial charge on any atom is -0.352 e. The van der Waals surface area contributed by atoms with Crippen molar-refractivity contribution in [3.8, 4) is 11.3 Å². The quantitative estimate of drug-likeness (QED) is 0.719. The van der Waals surface area contributed by atoms with E-state index in [1.165, 1.54) is 0 Å². The van der Waals surface area contributed by atoms with Gasteiger partial charge in [0.15, 0.2) is 0 Å². The Morgan fingerprint density at radius 3 is 2.67 bits per heavy atom. The first-order chi connectivity index (χ1) is 11.7. The standard InChI is InChI=1S/C20H21N3O/c1-3-4-9-22-20(24)17-13-19(15-7-10-21-11-8-15)23-18-6-5-14(2)12-16(17)18/h5-8,10-13H,3-4,9H2,1-2H3,(H,22,24). The molecule has 0 aliphatic rings. The van der Waals surface area contributed by atoms with Gasteiger partial charge in [0.25, 0.3) is 5.91 Å². The van der Waals surface area contributed by atoms with Crippen LogP contribution >= 0.6 is 0 Å². The smallest absolute Gasteiger partial charge is 0.252 e. The molecule has 0 aliphatic heterocycles. The van der Waals surface area contributed by atoms with E-state index in [9.17, 15) is 4.79 Å². The van der Waals surface area contributed by atoms with Crippen LogP contribution in [0.2, 0.25) is 0 Å². The van der Waals surface area contributed by atoms with Gasteiger partial charge in [0, 0.05) is 29.9 Å². The van der Waals surface area contributed by atoms with Crippen molar-refractivity contribution in [1.82, 2.24) is 15.3 Å². The van der Waals surface area contributed by atoms with E-state index in [2.05, 4.69) is 17.2 Å². The fraction of sp³-hybridized carbons (Fsp3) is 0.250. The molecule has 0 atom stereocenters. The molecule has 3 aromatic rings. The Hall–Kier alpha value is -2.75. The van der Waals surface area contributed by atoms with Gasteiger partial charge >= 0.3 is 0 Å². The van der Waals surface area contributed by atoms with Crippen molar-refractivity contribution in [3.63, 3.8) is 0 Å². The van der Waals surface area contributed by atoms with Gasteiger partial charge in [0.1, 0.15) is 0 Å².